The molecule has 0 spiro atoms. The molecule has 4 rings (SSSR count). The Morgan fingerprint density at radius 1 is 1.31 bits per heavy atom. The second-order valence-electron chi connectivity index (χ2n) is 6.97. The maximum Gasteiger partial charge on any atom is 0.340 e. The predicted molar refractivity (Wildman–Crippen MR) is 94.8 cm³/mol. The van der Waals surface area contributed by atoms with Gasteiger partial charge in [-0.3, -0.25) is 9.78 Å². The Balaban J connectivity index is 1.52. The van der Waals surface area contributed by atoms with E-state index in [1.165, 1.54) is 0 Å². The van der Waals surface area contributed by atoms with Crippen molar-refractivity contribution in [2.24, 2.45) is 11.8 Å². The lowest BCUT2D eigenvalue weighted by molar-refractivity contribution is -0.132. The standard InChI is InChI=1S/C18H23N5O3/c1-26-13-4-2-11(3-5-13)17-14-9-19-8-12(14)10-23(17)16(24)7-6-15-20-18(25)22-21-15/h2-5,12,14,17,19H,6-10H2,1H3,(H2,20,21,22,25)/t12-,14-,17-/m0/s1. The number of ether oxygens (including phenoxy) is 1. The minimum atomic E-state index is -0.342. The topological polar surface area (TPSA) is 103 Å². The van der Waals surface area contributed by atoms with Crippen LogP contribution in [0.1, 0.15) is 23.9 Å². The molecule has 3 atom stereocenters. The van der Waals surface area contributed by atoms with Crippen molar-refractivity contribution in [2.45, 2.75) is 18.9 Å². The zero-order valence-corrected chi connectivity index (χ0v) is 14.7. The highest BCUT2D eigenvalue weighted by Crippen LogP contribution is 2.43. The summed E-state index contributed by atoms with van der Waals surface area (Å²) in [6, 6.07) is 8.07. The van der Waals surface area contributed by atoms with E-state index in [0.717, 1.165) is 30.9 Å². The van der Waals surface area contributed by atoms with E-state index in [4.69, 9.17) is 4.74 Å². The fraction of sp³-hybridized carbons (Fsp3) is 0.500. The summed E-state index contributed by atoms with van der Waals surface area (Å²) in [5.74, 6) is 2.34. The second kappa shape index (κ2) is 6.95. The van der Waals surface area contributed by atoms with E-state index in [1.807, 2.05) is 17.0 Å². The molecule has 2 fully saturated rings. The number of aryl methyl sites for hydroxylation is 1. The summed E-state index contributed by atoms with van der Waals surface area (Å²) >= 11 is 0. The molecular weight excluding hydrogens is 334 g/mol. The molecule has 26 heavy (non-hydrogen) atoms. The third kappa shape index (κ3) is 3.12. The van der Waals surface area contributed by atoms with Crippen LogP contribution in [0.2, 0.25) is 0 Å². The fourth-order valence-corrected chi connectivity index (χ4v) is 4.20. The molecule has 1 aromatic heterocycles. The average Bonchev–Trinajstić information content (AvgIpc) is 3.35. The number of benzene rings is 1. The van der Waals surface area contributed by atoms with E-state index in [0.29, 0.717) is 30.5 Å². The molecule has 0 unspecified atom stereocenters. The van der Waals surface area contributed by atoms with Gasteiger partial charge in [0.2, 0.25) is 5.91 Å². The molecule has 8 nitrogen and oxygen atoms in total. The lowest BCUT2D eigenvalue weighted by atomic mass is 9.89. The Labute approximate surface area is 150 Å². The molecule has 1 amide bonds. The largest absolute Gasteiger partial charge is 0.497 e. The number of carbonyl (C=O) groups excluding carboxylic acids is 1. The number of aromatic amines is 2. The Morgan fingerprint density at radius 3 is 2.81 bits per heavy atom. The average molecular weight is 357 g/mol. The third-order valence-corrected chi connectivity index (χ3v) is 5.47. The fourth-order valence-electron chi connectivity index (χ4n) is 4.20. The zero-order valence-electron chi connectivity index (χ0n) is 14.7. The third-order valence-electron chi connectivity index (χ3n) is 5.47. The lowest BCUT2D eigenvalue weighted by Crippen LogP contribution is -2.34. The summed E-state index contributed by atoms with van der Waals surface area (Å²) < 4.78 is 5.25. The van der Waals surface area contributed by atoms with Gasteiger partial charge < -0.3 is 15.0 Å². The van der Waals surface area contributed by atoms with Crippen molar-refractivity contribution >= 4 is 5.91 Å². The number of methoxy groups -OCH3 is 1. The molecule has 1 aromatic carbocycles. The van der Waals surface area contributed by atoms with Crippen molar-refractivity contribution in [1.29, 1.82) is 0 Å². The maximum atomic E-state index is 12.9. The van der Waals surface area contributed by atoms with Gasteiger partial charge in [0.15, 0.2) is 0 Å². The zero-order chi connectivity index (χ0) is 18.1. The number of fused-ring (bicyclic) bond motifs is 1. The van der Waals surface area contributed by atoms with Crippen LogP contribution in [0, 0.1) is 11.8 Å². The molecule has 3 heterocycles. The Hall–Kier alpha value is -2.61. The van der Waals surface area contributed by atoms with Gasteiger partial charge in [-0.05, 0) is 23.6 Å². The smallest absolute Gasteiger partial charge is 0.340 e. The Bertz CT molecular complexity index is 828. The number of hydrogen-bond acceptors (Lipinski definition) is 5. The van der Waals surface area contributed by atoms with Gasteiger partial charge in [0.25, 0.3) is 0 Å². The minimum absolute atomic E-state index is 0.0756. The van der Waals surface area contributed by atoms with Crippen LogP contribution in [-0.2, 0) is 11.2 Å². The molecule has 138 valence electrons. The summed E-state index contributed by atoms with van der Waals surface area (Å²) in [5.41, 5.74) is 0.800. The van der Waals surface area contributed by atoms with E-state index in [9.17, 15) is 9.59 Å². The van der Waals surface area contributed by atoms with E-state index in [2.05, 4.69) is 32.6 Å². The van der Waals surface area contributed by atoms with Gasteiger partial charge in [0.05, 0.1) is 13.2 Å². The number of likely N-dealkylation sites (tertiary alicyclic amines) is 1. The number of amides is 1. The minimum Gasteiger partial charge on any atom is -0.497 e. The van der Waals surface area contributed by atoms with Crippen molar-refractivity contribution < 1.29 is 9.53 Å². The highest BCUT2D eigenvalue weighted by Gasteiger charge is 2.46. The predicted octanol–water partition coefficient (Wildman–Crippen LogP) is 0.458. The number of hydrogen-bond donors (Lipinski definition) is 3. The van der Waals surface area contributed by atoms with Gasteiger partial charge in [0, 0.05) is 38.4 Å². The van der Waals surface area contributed by atoms with Crippen molar-refractivity contribution in [2.75, 3.05) is 26.7 Å². The van der Waals surface area contributed by atoms with Crippen LogP contribution in [0.25, 0.3) is 0 Å². The Morgan fingerprint density at radius 2 is 2.12 bits per heavy atom. The molecule has 0 bridgehead atoms. The normalized spacial score (nSPS) is 24.7. The highest BCUT2D eigenvalue weighted by atomic mass is 16.5. The van der Waals surface area contributed by atoms with Crippen LogP contribution in [0.4, 0.5) is 0 Å². The number of nitrogens with one attached hydrogen (secondary N) is 3. The lowest BCUT2D eigenvalue weighted by Gasteiger charge is -2.28. The number of nitrogens with zero attached hydrogens (tertiary/aromatic N) is 2. The molecule has 3 N–H and O–H groups in total. The van der Waals surface area contributed by atoms with Crippen LogP contribution in [-0.4, -0.2) is 52.7 Å². The maximum absolute atomic E-state index is 12.9. The van der Waals surface area contributed by atoms with Gasteiger partial charge in [-0.15, -0.1) is 0 Å². The highest BCUT2D eigenvalue weighted by molar-refractivity contribution is 5.77. The van der Waals surface area contributed by atoms with E-state index in [1.54, 1.807) is 7.11 Å². The van der Waals surface area contributed by atoms with Gasteiger partial charge in [0.1, 0.15) is 11.6 Å². The van der Waals surface area contributed by atoms with Crippen LogP contribution in [0.5, 0.6) is 5.75 Å². The quantitative estimate of drug-likeness (QED) is 0.721. The van der Waals surface area contributed by atoms with Crippen LogP contribution >= 0.6 is 0 Å². The Kier molecular flexibility index (Phi) is 4.50. The summed E-state index contributed by atoms with van der Waals surface area (Å²) in [6.07, 6.45) is 0.761. The van der Waals surface area contributed by atoms with Gasteiger partial charge in [-0.1, -0.05) is 12.1 Å². The molecule has 2 saturated heterocycles. The van der Waals surface area contributed by atoms with Gasteiger partial charge in [-0.2, -0.15) is 5.10 Å². The van der Waals surface area contributed by atoms with Crippen molar-refractivity contribution in [3.05, 3.63) is 46.1 Å². The number of carbonyl (C=O) groups is 1. The van der Waals surface area contributed by atoms with Crippen LogP contribution < -0.4 is 15.7 Å². The first-order valence-electron chi connectivity index (χ1n) is 8.93. The van der Waals surface area contributed by atoms with Crippen molar-refractivity contribution in [1.82, 2.24) is 25.4 Å². The molecule has 0 radical (unpaired) electrons. The molecule has 2 aliphatic heterocycles. The van der Waals surface area contributed by atoms with Crippen molar-refractivity contribution in [3.8, 4) is 5.75 Å². The number of rotatable bonds is 5. The summed E-state index contributed by atoms with van der Waals surface area (Å²) in [6.45, 7) is 2.65. The SMILES string of the molecule is COc1ccc([C@H]2[C@H]3CNC[C@H]3CN2C(=O)CCc2n[nH]c(=O)[nH]2)cc1. The summed E-state index contributed by atoms with van der Waals surface area (Å²) in [5, 5.41) is 9.66. The molecular formula is C18H23N5O3. The molecule has 8 heteroatoms. The monoisotopic (exact) mass is 357 g/mol. The van der Waals surface area contributed by atoms with Crippen molar-refractivity contribution in [3.63, 3.8) is 0 Å². The van der Waals surface area contributed by atoms with Crippen LogP contribution in [0.3, 0.4) is 0 Å². The number of H-pyrrole nitrogens is 2. The number of aromatic nitrogens is 3. The van der Waals surface area contributed by atoms with Gasteiger partial charge in [-0.25, -0.2) is 9.89 Å². The van der Waals surface area contributed by atoms with Crippen LogP contribution in [0.15, 0.2) is 29.1 Å². The molecule has 0 saturated carbocycles. The first kappa shape index (κ1) is 16.8. The summed E-state index contributed by atoms with van der Waals surface area (Å²) in [4.78, 5) is 28.6. The molecule has 0 aliphatic carbocycles. The molecule has 2 aliphatic rings. The first-order valence-corrected chi connectivity index (χ1v) is 8.93. The second-order valence-corrected chi connectivity index (χ2v) is 6.97. The van der Waals surface area contributed by atoms with E-state index < -0.39 is 0 Å². The van der Waals surface area contributed by atoms with E-state index >= 15 is 0 Å². The molecule has 2 aromatic rings. The first-order chi connectivity index (χ1) is 12.7. The van der Waals surface area contributed by atoms with Gasteiger partial charge >= 0.3 is 5.69 Å². The van der Waals surface area contributed by atoms with E-state index in [-0.39, 0.29) is 17.6 Å². The summed E-state index contributed by atoms with van der Waals surface area (Å²) in [7, 11) is 1.65.